The van der Waals surface area contributed by atoms with Crippen molar-refractivity contribution in [2.75, 3.05) is 0 Å². The lowest BCUT2D eigenvalue weighted by molar-refractivity contribution is -0.234. The second-order valence-corrected chi connectivity index (χ2v) is 3.59. The van der Waals surface area contributed by atoms with E-state index in [9.17, 15) is 14.4 Å². The summed E-state index contributed by atoms with van der Waals surface area (Å²) in [5.41, 5.74) is 1.22. The summed E-state index contributed by atoms with van der Waals surface area (Å²) in [5, 5.41) is 8.33. The Morgan fingerprint density at radius 1 is 1.06 bits per heavy atom. The van der Waals surface area contributed by atoms with E-state index in [0.29, 0.717) is 0 Å². The topological polar surface area (TPSA) is 89.9 Å². The average Bonchev–Trinajstić information content (AvgIpc) is 2.34. The molecule has 1 N–H and O–H groups in total. The van der Waals surface area contributed by atoms with Crippen LogP contribution in [0, 0.1) is 6.92 Å². The van der Waals surface area contributed by atoms with Gasteiger partial charge in [-0.25, -0.2) is 19.4 Å². The van der Waals surface area contributed by atoms with Gasteiger partial charge in [0.05, 0.1) is 18.4 Å². The number of hydrogen-bond donors (Lipinski definition) is 1. The third-order valence-corrected chi connectivity index (χ3v) is 2.04. The van der Waals surface area contributed by atoms with Crippen LogP contribution in [0.5, 0.6) is 0 Å². The number of aliphatic carboxylic acids is 1. The summed E-state index contributed by atoms with van der Waals surface area (Å²) in [6.45, 7) is 1.86. The van der Waals surface area contributed by atoms with Gasteiger partial charge in [0.25, 0.3) is 0 Å². The fraction of sp³-hybridized carbons (Fsp3) is 0.250. The minimum absolute atomic E-state index is 0.242. The zero-order chi connectivity index (χ0) is 13.5. The van der Waals surface area contributed by atoms with Crippen LogP contribution in [0.1, 0.15) is 28.8 Å². The maximum atomic E-state index is 11.4. The Kier molecular flexibility index (Phi) is 4.86. The molecular weight excluding hydrogens is 240 g/mol. The van der Waals surface area contributed by atoms with Gasteiger partial charge in [0.15, 0.2) is 0 Å². The Morgan fingerprint density at radius 3 is 2.22 bits per heavy atom. The van der Waals surface area contributed by atoms with Crippen molar-refractivity contribution in [3.8, 4) is 0 Å². The first-order chi connectivity index (χ1) is 8.49. The molecule has 0 fully saturated rings. The normalized spacial score (nSPS) is 9.61. The van der Waals surface area contributed by atoms with Gasteiger partial charge in [-0.15, -0.1) is 0 Å². The van der Waals surface area contributed by atoms with Crippen molar-refractivity contribution in [3.63, 3.8) is 0 Å². The number of carbonyl (C=O) groups is 3. The number of carboxylic acid groups (broad SMARTS) is 1. The standard InChI is InChI=1S/C12H12O6/c1-8-2-4-9(5-3-8)12(16)18-17-11(15)7-6-10(13)14/h2-5H,6-7H2,1H3,(H,13,14). The Hall–Kier alpha value is -2.37. The Bertz CT molecular complexity index is 448. The highest BCUT2D eigenvalue weighted by atomic mass is 17.2. The van der Waals surface area contributed by atoms with E-state index >= 15 is 0 Å². The van der Waals surface area contributed by atoms with Crippen LogP contribution in [-0.4, -0.2) is 23.0 Å². The van der Waals surface area contributed by atoms with Gasteiger partial charge in [-0.2, -0.15) is 0 Å². The molecule has 1 rings (SSSR count). The third-order valence-electron chi connectivity index (χ3n) is 2.04. The fourth-order valence-electron chi connectivity index (χ4n) is 1.07. The van der Waals surface area contributed by atoms with Crippen LogP contribution in [0.2, 0.25) is 0 Å². The highest BCUT2D eigenvalue weighted by Crippen LogP contribution is 2.05. The maximum absolute atomic E-state index is 11.4. The number of rotatable bonds is 4. The minimum atomic E-state index is -1.13. The predicted molar refractivity (Wildman–Crippen MR) is 59.6 cm³/mol. The van der Waals surface area contributed by atoms with Crippen molar-refractivity contribution in [2.24, 2.45) is 0 Å². The van der Waals surface area contributed by atoms with Crippen LogP contribution >= 0.6 is 0 Å². The number of aryl methyl sites for hydroxylation is 1. The molecule has 0 atom stereocenters. The third kappa shape index (κ3) is 4.65. The van der Waals surface area contributed by atoms with Gasteiger partial charge in [0.1, 0.15) is 0 Å². The summed E-state index contributed by atoms with van der Waals surface area (Å²) >= 11 is 0. The molecule has 0 bridgehead atoms. The Morgan fingerprint density at radius 2 is 1.67 bits per heavy atom. The van der Waals surface area contributed by atoms with Crippen molar-refractivity contribution >= 4 is 17.9 Å². The average molecular weight is 252 g/mol. The summed E-state index contributed by atoms with van der Waals surface area (Å²) in [6, 6.07) is 6.48. The quantitative estimate of drug-likeness (QED) is 0.644. The molecule has 6 nitrogen and oxygen atoms in total. The molecule has 0 aliphatic rings. The molecule has 0 spiro atoms. The molecule has 1 aromatic rings. The predicted octanol–water partition coefficient (Wildman–Crippen LogP) is 1.47. The molecule has 0 amide bonds. The van der Waals surface area contributed by atoms with E-state index < -0.39 is 17.9 Å². The van der Waals surface area contributed by atoms with Gasteiger partial charge in [0, 0.05) is 0 Å². The van der Waals surface area contributed by atoms with Crippen LogP contribution in [0.15, 0.2) is 24.3 Å². The van der Waals surface area contributed by atoms with Gasteiger partial charge in [-0.3, -0.25) is 4.79 Å². The highest BCUT2D eigenvalue weighted by Gasteiger charge is 2.13. The van der Waals surface area contributed by atoms with E-state index in [1.165, 1.54) is 12.1 Å². The number of hydrogen-bond acceptors (Lipinski definition) is 5. The smallest absolute Gasteiger partial charge is 0.386 e. The van der Waals surface area contributed by atoms with E-state index in [-0.39, 0.29) is 18.4 Å². The fourth-order valence-corrected chi connectivity index (χ4v) is 1.07. The molecule has 18 heavy (non-hydrogen) atoms. The van der Waals surface area contributed by atoms with Gasteiger partial charge < -0.3 is 5.11 Å². The van der Waals surface area contributed by atoms with E-state index in [1.807, 2.05) is 6.92 Å². The second-order valence-electron chi connectivity index (χ2n) is 3.59. The molecule has 1 aromatic carbocycles. The zero-order valence-electron chi connectivity index (χ0n) is 9.71. The molecule has 0 aliphatic carbocycles. The second kappa shape index (κ2) is 6.39. The van der Waals surface area contributed by atoms with Gasteiger partial charge in [0.2, 0.25) is 0 Å². The van der Waals surface area contributed by atoms with Crippen LogP contribution in [0.3, 0.4) is 0 Å². The largest absolute Gasteiger partial charge is 0.481 e. The van der Waals surface area contributed by atoms with Crippen LogP contribution < -0.4 is 0 Å². The SMILES string of the molecule is Cc1ccc(C(=O)OOC(=O)CCC(=O)O)cc1. The molecule has 0 aromatic heterocycles. The van der Waals surface area contributed by atoms with Crippen molar-refractivity contribution < 1.29 is 29.3 Å². The molecule has 0 saturated heterocycles. The number of carbonyl (C=O) groups excluding carboxylic acids is 2. The monoisotopic (exact) mass is 252 g/mol. The van der Waals surface area contributed by atoms with Crippen LogP contribution in [0.4, 0.5) is 0 Å². The van der Waals surface area contributed by atoms with Gasteiger partial charge >= 0.3 is 17.9 Å². The molecule has 6 heteroatoms. The summed E-state index contributed by atoms with van der Waals surface area (Å²) in [6.07, 6.45) is -0.725. The summed E-state index contributed by atoms with van der Waals surface area (Å²) < 4.78 is 0. The maximum Gasteiger partial charge on any atom is 0.386 e. The van der Waals surface area contributed by atoms with Gasteiger partial charge in [-0.05, 0) is 19.1 Å². The lowest BCUT2D eigenvalue weighted by atomic mass is 10.2. The first-order valence-corrected chi connectivity index (χ1v) is 5.19. The van der Waals surface area contributed by atoms with Gasteiger partial charge in [-0.1, -0.05) is 17.7 Å². The molecule has 0 saturated carbocycles. The minimum Gasteiger partial charge on any atom is -0.481 e. The Labute approximate surface area is 103 Å². The van der Waals surface area contributed by atoms with Crippen molar-refractivity contribution in [2.45, 2.75) is 19.8 Å². The van der Waals surface area contributed by atoms with Crippen LogP contribution in [0.25, 0.3) is 0 Å². The summed E-state index contributed by atoms with van der Waals surface area (Å²) in [7, 11) is 0. The van der Waals surface area contributed by atoms with E-state index in [0.717, 1.165) is 5.56 Å². The Balaban J connectivity index is 2.39. The number of benzene rings is 1. The summed E-state index contributed by atoms with van der Waals surface area (Å²) in [5.74, 6) is -2.84. The lowest BCUT2D eigenvalue weighted by Crippen LogP contribution is -2.12. The molecule has 0 aliphatic heterocycles. The molecule has 96 valence electrons. The molecule has 0 unspecified atom stereocenters. The molecular formula is C12H12O6. The van der Waals surface area contributed by atoms with Crippen molar-refractivity contribution in [1.82, 2.24) is 0 Å². The molecule has 0 heterocycles. The first-order valence-electron chi connectivity index (χ1n) is 5.19. The first kappa shape index (κ1) is 13.7. The highest BCUT2D eigenvalue weighted by molar-refractivity contribution is 5.89. The van der Waals surface area contributed by atoms with Crippen molar-refractivity contribution in [1.29, 1.82) is 0 Å². The molecule has 0 radical (unpaired) electrons. The van der Waals surface area contributed by atoms with Crippen molar-refractivity contribution in [3.05, 3.63) is 35.4 Å². The lowest BCUT2D eigenvalue weighted by Gasteiger charge is -2.02. The van der Waals surface area contributed by atoms with Crippen LogP contribution in [-0.2, 0) is 19.4 Å². The van der Waals surface area contributed by atoms with E-state index in [2.05, 4.69) is 9.78 Å². The van der Waals surface area contributed by atoms with E-state index in [1.54, 1.807) is 12.1 Å². The van der Waals surface area contributed by atoms with E-state index in [4.69, 9.17) is 5.11 Å². The zero-order valence-corrected chi connectivity index (χ0v) is 9.71. The number of carboxylic acids is 1. The summed E-state index contributed by atoms with van der Waals surface area (Å²) in [4.78, 5) is 41.0.